The van der Waals surface area contributed by atoms with Crippen LogP contribution in [0, 0.1) is 12.8 Å². The van der Waals surface area contributed by atoms with Gasteiger partial charge in [0.15, 0.2) is 0 Å². The number of aromatic nitrogens is 2. The fourth-order valence-electron chi connectivity index (χ4n) is 2.35. The minimum absolute atomic E-state index is 0.751. The van der Waals surface area contributed by atoms with Gasteiger partial charge in [0.2, 0.25) is 5.95 Å². The topological polar surface area (TPSA) is 41.1 Å². The highest BCUT2D eigenvalue weighted by Crippen LogP contribution is 2.22. The SMILES string of the molecule is CCNc1nc(C)cc(N2CCCC(C)C2)n1. The van der Waals surface area contributed by atoms with E-state index in [0.29, 0.717) is 0 Å². The van der Waals surface area contributed by atoms with E-state index in [1.807, 2.05) is 6.92 Å². The van der Waals surface area contributed by atoms with Gasteiger partial charge in [0, 0.05) is 31.4 Å². The average Bonchev–Trinajstić information content (AvgIpc) is 2.28. The first kappa shape index (κ1) is 12.1. The van der Waals surface area contributed by atoms with Crippen molar-refractivity contribution in [3.63, 3.8) is 0 Å². The van der Waals surface area contributed by atoms with Gasteiger partial charge in [-0.2, -0.15) is 4.98 Å². The third-order valence-electron chi connectivity index (χ3n) is 3.16. The van der Waals surface area contributed by atoms with Crippen molar-refractivity contribution in [2.24, 2.45) is 5.92 Å². The van der Waals surface area contributed by atoms with Gasteiger partial charge >= 0.3 is 0 Å². The molecule has 1 aromatic rings. The molecule has 1 fully saturated rings. The van der Waals surface area contributed by atoms with E-state index in [9.17, 15) is 0 Å². The van der Waals surface area contributed by atoms with Gasteiger partial charge < -0.3 is 10.2 Å². The summed E-state index contributed by atoms with van der Waals surface area (Å²) in [5, 5.41) is 3.19. The van der Waals surface area contributed by atoms with Crippen LogP contribution in [-0.2, 0) is 0 Å². The van der Waals surface area contributed by atoms with Crippen molar-refractivity contribution in [2.75, 3.05) is 29.9 Å². The van der Waals surface area contributed by atoms with Crippen molar-refractivity contribution in [1.29, 1.82) is 0 Å². The smallest absolute Gasteiger partial charge is 0.224 e. The molecule has 4 nitrogen and oxygen atoms in total. The Morgan fingerprint density at radius 2 is 2.29 bits per heavy atom. The molecule has 2 heterocycles. The van der Waals surface area contributed by atoms with Crippen LogP contribution in [0.2, 0.25) is 0 Å². The van der Waals surface area contributed by atoms with Crippen LogP contribution in [0.3, 0.4) is 0 Å². The van der Waals surface area contributed by atoms with E-state index in [-0.39, 0.29) is 0 Å². The summed E-state index contributed by atoms with van der Waals surface area (Å²) in [5.74, 6) is 2.59. The van der Waals surface area contributed by atoms with Crippen LogP contribution in [-0.4, -0.2) is 29.6 Å². The van der Waals surface area contributed by atoms with Gasteiger partial charge in [0.1, 0.15) is 5.82 Å². The molecule has 1 aliphatic rings. The molecule has 1 aliphatic heterocycles. The minimum atomic E-state index is 0.751. The van der Waals surface area contributed by atoms with Crippen LogP contribution in [0.4, 0.5) is 11.8 Å². The van der Waals surface area contributed by atoms with Gasteiger partial charge in [-0.3, -0.25) is 0 Å². The van der Waals surface area contributed by atoms with Gasteiger partial charge in [0.25, 0.3) is 0 Å². The minimum Gasteiger partial charge on any atom is -0.356 e. The maximum Gasteiger partial charge on any atom is 0.224 e. The van der Waals surface area contributed by atoms with E-state index in [1.165, 1.54) is 12.8 Å². The van der Waals surface area contributed by atoms with Gasteiger partial charge in [-0.25, -0.2) is 4.98 Å². The molecule has 1 atom stereocenters. The third-order valence-corrected chi connectivity index (χ3v) is 3.16. The quantitative estimate of drug-likeness (QED) is 0.872. The predicted molar refractivity (Wildman–Crippen MR) is 71.5 cm³/mol. The molecule has 1 aromatic heterocycles. The summed E-state index contributed by atoms with van der Waals surface area (Å²) in [4.78, 5) is 11.4. The standard InChI is InChI=1S/C13H22N4/c1-4-14-13-15-11(3)8-12(16-13)17-7-5-6-10(2)9-17/h8,10H,4-7,9H2,1-3H3,(H,14,15,16). The molecule has 2 rings (SSSR count). The Morgan fingerprint density at radius 1 is 1.47 bits per heavy atom. The van der Waals surface area contributed by atoms with Crippen LogP contribution in [0.15, 0.2) is 6.07 Å². The number of rotatable bonds is 3. The maximum absolute atomic E-state index is 4.59. The van der Waals surface area contributed by atoms with E-state index in [2.05, 4.69) is 40.1 Å². The highest BCUT2D eigenvalue weighted by Gasteiger charge is 2.18. The molecular weight excluding hydrogens is 212 g/mol. The number of nitrogens with zero attached hydrogens (tertiary/aromatic N) is 3. The molecule has 0 aromatic carbocycles. The average molecular weight is 234 g/mol. The number of aryl methyl sites for hydroxylation is 1. The molecule has 0 spiro atoms. The lowest BCUT2D eigenvalue weighted by Gasteiger charge is -2.32. The summed E-state index contributed by atoms with van der Waals surface area (Å²) >= 11 is 0. The van der Waals surface area contributed by atoms with Gasteiger partial charge in [0.05, 0.1) is 0 Å². The summed E-state index contributed by atoms with van der Waals surface area (Å²) in [6, 6.07) is 2.08. The van der Waals surface area contributed by atoms with Crippen molar-refractivity contribution in [3.8, 4) is 0 Å². The summed E-state index contributed by atoms with van der Waals surface area (Å²) in [7, 11) is 0. The van der Waals surface area contributed by atoms with Crippen LogP contribution in [0.25, 0.3) is 0 Å². The van der Waals surface area contributed by atoms with E-state index < -0.39 is 0 Å². The number of hydrogen-bond donors (Lipinski definition) is 1. The number of piperidine rings is 1. The second kappa shape index (κ2) is 5.34. The number of hydrogen-bond acceptors (Lipinski definition) is 4. The molecule has 0 saturated carbocycles. The Balaban J connectivity index is 2.18. The lowest BCUT2D eigenvalue weighted by atomic mass is 10.0. The summed E-state index contributed by atoms with van der Waals surface area (Å²) in [6.07, 6.45) is 2.60. The first-order valence-corrected chi connectivity index (χ1v) is 6.53. The fraction of sp³-hybridized carbons (Fsp3) is 0.692. The Morgan fingerprint density at radius 3 is 3.00 bits per heavy atom. The van der Waals surface area contributed by atoms with Crippen LogP contribution in [0.5, 0.6) is 0 Å². The van der Waals surface area contributed by atoms with Crippen molar-refractivity contribution >= 4 is 11.8 Å². The molecular formula is C13H22N4. The second-order valence-corrected chi connectivity index (χ2v) is 4.91. The van der Waals surface area contributed by atoms with E-state index >= 15 is 0 Å². The van der Waals surface area contributed by atoms with E-state index in [1.54, 1.807) is 0 Å². The van der Waals surface area contributed by atoms with Gasteiger partial charge in [-0.15, -0.1) is 0 Å². The molecule has 1 saturated heterocycles. The molecule has 17 heavy (non-hydrogen) atoms. The first-order chi connectivity index (χ1) is 8.19. The predicted octanol–water partition coefficient (Wildman–Crippen LogP) is 2.45. The number of nitrogens with one attached hydrogen (secondary N) is 1. The van der Waals surface area contributed by atoms with Crippen molar-refractivity contribution in [2.45, 2.75) is 33.6 Å². The Kier molecular flexibility index (Phi) is 3.82. The molecule has 1 unspecified atom stereocenters. The fourth-order valence-corrected chi connectivity index (χ4v) is 2.35. The molecule has 0 bridgehead atoms. The zero-order chi connectivity index (χ0) is 12.3. The summed E-state index contributed by atoms with van der Waals surface area (Å²) in [5.41, 5.74) is 1.03. The molecule has 1 N–H and O–H groups in total. The second-order valence-electron chi connectivity index (χ2n) is 4.91. The molecule has 0 amide bonds. The monoisotopic (exact) mass is 234 g/mol. The third kappa shape index (κ3) is 3.08. The zero-order valence-electron chi connectivity index (χ0n) is 11.0. The van der Waals surface area contributed by atoms with Gasteiger partial charge in [-0.1, -0.05) is 6.92 Å². The highest BCUT2D eigenvalue weighted by molar-refractivity contribution is 5.45. The van der Waals surface area contributed by atoms with Crippen LogP contribution < -0.4 is 10.2 Å². The summed E-state index contributed by atoms with van der Waals surface area (Å²) < 4.78 is 0. The lowest BCUT2D eigenvalue weighted by molar-refractivity contribution is 0.444. The Bertz CT molecular complexity index is 378. The van der Waals surface area contributed by atoms with Crippen molar-refractivity contribution in [1.82, 2.24) is 9.97 Å². The Hall–Kier alpha value is -1.32. The van der Waals surface area contributed by atoms with Crippen LogP contribution >= 0.6 is 0 Å². The normalized spacial score (nSPS) is 20.4. The maximum atomic E-state index is 4.59. The van der Waals surface area contributed by atoms with Gasteiger partial charge in [-0.05, 0) is 32.6 Å². The van der Waals surface area contributed by atoms with Crippen molar-refractivity contribution in [3.05, 3.63) is 11.8 Å². The lowest BCUT2D eigenvalue weighted by Crippen LogP contribution is -2.35. The number of anilines is 2. The van der Waals surface area contributed by atoms with Crippen LogP contribution in [0.1, 0.15) is 32.4 Å². The first-order valence-electron chi connectivity index (χ1n) is 6.53. The zero-order valence-corrected chi connectivity index (χ0v) is 11.0. The molecule has 4 heteroatoms. The Labute approximate surface area is 103 Å². The van der Waals surface area contributed by atoms with E-state index in [0.717, 1.165) is 43.0 Å². The highest BCUT2D eigenvalue weighted by atomic mass is 15.2. The molecule has 94 valence electrons. The largest absolute Gasteiger partial charge is 0.356 e. The van der Waals surface area contributed by atoms with Crippen molar-refractivity contribution < 1.29 is 0 Å². The van der Waals surface area contributed by atoms with E-state index in [4.69, 9.17) is 0 Å². The summed E-state index contributed by atoms with van der Waals surface area (Å²) in [6.45, 7) is 9.49. The molecule has 0 radical (unpaired) electrons. The molecule has 0 aliphatic carbocycles.